The molecule has 0 fully saturated rings. The number of anilines is 3. The molecule has 0 saturated heterocycles. The van der Waals surface area contributed by atoms with Crippen LogP contribution in [-0.4, -0.2) is 23.5 Å². The summed E-state index contributed by atoms with van der Waals surface area (Å²) in [5.74, 6) is -0.549. The van der Waals surface area contributed by atoms with Gasteiger partial charge in [-0.15, -0.1) is 11.3 Å². The van der Waals surface area contributed by atoms with Gasteiger partial charge in [-0.3, -0.25) is 4.79 Å². The molecule has 27 heavy (non-hydrogen) atoms. The number of benzene rings is 2. The van der Waals surface area contributed by atoms with E-state index in [4.69, 9.17) is 4.74 Å². The number of esters is 1. The number of thiazole rings is 1. The number of nitrogens with zero attached hydrogens (tertiary/aromatic N) is 1. The molecule has 0 aliphatic rings. The highest BCUT2D eigenvalue weighted by atomic mass is 32.1. The second-order valence-corrected chi connectivity index (χ2v) is 6.52. The van der Waals surface area contributed by atoms with E-state index in [2.05, 4.69) is 15.6 Å². The van der Waals surface area contributed by atoms with E-state index in [0.29, 0.717) is 23.6 Å². The Labute approximate surface area is 161 Å². The van der Waals surface area contributed by atoms with E-state index >= 15 is 0 Å². The second kappa shape index (κ2) is 8.95. The summed E-state index contributed by atoms with van der Waals surface area (Å²) < 4.78 is 4.93. The molecule has 6 nitrogen and oxygen atoms in total. The quantitative estimate of drug-likeness (QED) is 0.598. The van der Waals surface area contributed by atoms with E-state index in [1.807, 2.05) is 35.7 Å². The highest BCUT2D eigenvalue weighted by molar-refractivity contribution is 7.13. The third-order valence-electron chi connectivity index (χ3n) is 3.60. The van der Waals surface area contributed by atoms with E-state index in [0.717, 1.165) is 10.8 Å². The van der Waals surface area contributed by atoms with Gasteiger partial charge in [0, 0.05) is 16.8 Å². The predicted molar refractivity (Wildman–Crippen MR) is 107 cm³/mol. The van der Waals surface area contributed by atoms with Crippen LogP contribution >= 0.6 is 11.3 Å². The summed E-state index contributed by atoms with van der Waals surface area (Å²) in [5.41, 5.74) is 2.71. The van der Waals surface area contributed by atoms with Gasteiger partial charge >= 0.3 is 5.97 Å². The van der Waals surface area contributed by atoms with Crippen LogP contribution in [0.1, 0.15) is 23.0 Å². The fourth-order valence-electron chi connectivity index (χ4n) is 2.36. The highest BCUT2D eigenvalue weighted by Crippen LogP contribution is 2.21. The van der Waals surface area contributed by atoms with E-state index in [9.17, 15) is 9.59 Å². The largest absolute Gasteiger partial charge is 0.462 e. The number of carbonyl (C=O) groups excluding carboxylic acids is 2. The molecule has 2 N–H and O–H groups in total. The van der Waals surface area contributed by atoms with Crippen LogP contribution in [0, 0.1) is 0 Å². The molecule has 0 saturated carbocycles. The second-order valence-electron chi connectivity index (χ2n) is 5.66. The number of aromatic nitrogens is 1. The van der Waals surface area contributed by atoms with Crippen molar-refractivity contribution in [1.29, 1.82) is 0 Å². The van der Waals surface area contributed by atoms with Crippen molar-refractivity contribution in [3.8, 4) is 0 Å². The number of carbonyl (C=O) groups is 2. The summed E-state index contributed by atoms with van der Waals surface area (Å²) in [6, 6.07) is 16.3. The van der Waals surface area contributed by atoms with Crippen LogP contribution in [0.25, 0.3) is 0 Å². The summed E-state index contributed by atoms with van der Waals surface area (Å²) in [6.07, 6.45) is 0.173. The zero-order valence-corrected chi connectivity index (χ0v) is 15.6. The van der Waals surface area contributed by atoms with Gasteiger partial charge in [-0.25, -0.2) is 9.78 Å². The Morgan fingerprint density at radius 3 is 2.48 bits per heavy atom. The van der Waals surface area contributed by atoms with Crippen molar-refractivity contribution in [2.45, 2.75) is 13.3 Å². The lowest BCUT2D eigenvalue weighted by atomic mass is 10.2. The third kappa shape index (κ3) is 5.39. The van der Waals surface area contributed by atoms with Gasteiger partial charge < -0.3 is 15.4 Å². The summed E-state index contributed by atoms with van der Waals surface area (Å²) in [7, 11) is 0. The van der Waals surface area contributed by atoms with Gasteiger partial charge in [0.15, 0.2) is 5.13 Å². The zero-order chi connectivity index (χ0) is 19.1. The smallest absolute Gasteiger partial charge is 0.338 e. The number of ether oxygens (including phenoxy) is 1. The molecule has 1 amide bonds. The first-order chi connectivity index (χ1) is 13.1. The van der Waals surface area contributed by atoms with Crippen molar-refractivity contribution in [3.63, 3.8) is 0 Å². The Kier molecular flexibility index (Phi) is 6.17. The van der Waals surface area contributed by atoms with E-state index in [-0.39, 0.29) is 18.3 Å². The first kappa shape index (κ1) is 18.6. The minimum atomic E-state index is -0.378. The Hall–Kier alpha value is -3.19. The lowest BCUT2D eigenvalue weighted by Crippen LogP contribution is -2.14. The van der Waals surface area contributed by atoms with Crippen molar-refractivity contribution >= 4 is 39.7 Å². The fraction of sp³-hybridized carbons (Fsp3) is 0.150. The summed E-state index contributed by atoms with van der Waals surface area (Å²) in [5, 5.41) is 8.60. The minimum Gasteiger partial charge on any atom is -0.462 e. The number of amides is 1. The molecule has 0 spiro atoms. The SMILES string of the molecule is CCOC(=O)c1ccc(NC(=O)Cc2csc(Nc3ccccc3)n2)cc1. The Bertz CT molecular complexity index is 908. The third-order valence-corrected chi connectivity index (χ3v) is 4.40. The Morgan fingerprint density at radius 1 is 1.04 bits per heavy atom. The Balaban J connectivity index is 1.54. The van der Waals surface area contributed by atoms with Gasteiger partial charge in [-0.1, -0.05) is 18.2 Å². The van der Waals surface area contributed by atoms with Crippen molar-refractivity contribution in [1.82, 2.24) is 4.98 Å². The summed E-state index contributed by atoms with van der Waals surface area (Å²) >= 11 is 1.45. The average Bonchev–Trinajstić information content (AvgIpc) is 3.10. The van der Waals surface area contributed by atoms with Crippen LogP contribution < -0.4 is 10.6 Å². The first-order valence-corrected chi connectivity index (χ1v) is 9.35. The van der Waals surface area contributed by atoms with Crippen molar-refractivity contribution in [2.24, 2.45) is 0 Å². The van der Waals surface area contributed by atoms with Crippen LogP contribution in [0.5, 0.6) is 0 Å². The maximum atomic E-state index is 12.2. The van der Waals surface area contributed by atoms with Crippen molar-refractivity contribution in [3.05, 3.63) is 71.2 Å². The van der Waals surface area contributed by atoms with Gasteiger partial charge in [-0.2, -0.15) is 0 Å². The average molecular weight is 381 g/mol. The molecule has 0 bridgehead atoms. The van der Waals surface area contributed by atoms with Gasteiger partial charge in [0.2, 0.25) is 5.91 Å². The maximum absolute atomic E-state index is 12.2. The van der Waals surface area contributed by atoms with Gasteiger partial charge in [0.25, 0.3) is 0 Å². The predicted octanol–water partition coefficient (Wildman–Crippen LogP) is 4.24. The van der Waals surface area contributed by atoms with Crippen LogP contribution in [0.2, 0.25) is 0 Å². The lowest BCUT2D eigenvalue weighted by molar-refractivity contribution is -0.115. The molecule has 138 valence electrons. The standard InChI is InChI=1S/C20H19N3O3S/c1-2-26-19(25)14-8-10-16(11-9-14)21-18(24)12-17-13-27-20(23-17)22-15-6-4-3-5-7-15/h3-11,13H,2,12H2,1H3,(H,21,24)(H,22,23). The molecule has 0 aliphatic heterocycles. The molecule has 3 aromatic rings. The van der Waals surface area contributed by atoms with E-state index in [1.165, 1.54) is 11.3 Å². The van der Waals surface area contributed by atoms with E-state index < -0.39 is 0 Å². The van der Waals surface area contributed by atoms with Crippen molar-refractivity contribution < 1.29 is 14.3 Å². The van der Waals surface area contributed by atoms with Crippen LogP contribution in [0.4, 0.5) is 16.5 Å². The molecule has 0 aliphatic carbocycles. The van der Waals surface area contributed by atoms with Crippen molar-refractivity contribution in [2.75, 3.05) is 17.2 Å². The number of para-hydroxylation sites is 1. The fourth-order valence-corrected chi connectivity index (χ4v) is 3.09. The topological polar surface area (TPSA) is 80.3 Å². The molecule has 3 rings (SSSR count). The number of hydrogen-bond donors (Lipinski definition) is 2. The zero-order valence-electron chi connectivity index (χ0n) is 14.8. The number of rotatable bonds is 7. The molecule has 0 radical (unpaired) electrons. The number of nitrogens with one attached hydrogen (secondary N) is 2. The Morgan fingerprint density at radius 2 is 1.78 bits per heavy atom. The first-order valence-electron chi connectivity index (χ1n) is 8.47. The number of hydrogen-bond acceptors (Lipinski definition) is 6. The summed E-state index contributed by atoms with van der Waals surface area (Å²) in [4.78, 5) is 28.3. The molecular weight excluding hydrogens is 362 g/mol. The monoisotopic (exact) mass is 381 g/mol. The molecule has 0 unspecified atom stereocenters. The van der Waals surface area contributed by atoms with Crippen LogP contribution in [0.3, 0.4) is 0 Å². The summed E-state index contributed by atoms with van der Waals surface area (Å²) in [6.45, 7) is 2.08. The van der Waals surface area contributed by atoms with Gasteiger partial charge in [0.1, 0.15) is 0 Å². The van der Waals surface area contributed by atoms with Crippen LogP contribution in [0.15, 0.2) is 60.0 Å². The molecule has 7 heteroatoms. The van der Waals surface area contributed by atoms with Gasteiger partial charge in [-0.05, 0) is 43.3 Å². The molecule has 1 aromatic heterocycles. The normalized spacial score (nSPS) is 10.3. The molecule has 2 aromatic carbocycles. The minimum absolute atomic E-state index is 0.171. The highest BCUT2D eigenvalue weighted by Gasteiger charge is 2.10. The van der Waals surface area contributed by atoms with Crippen LogP contribution in [-0.2, 0) is 16.0 Å². The molecular formula is C20H19N3O3S. The molecule has 0 atom stereocenters. The lowest BCUT2D eigenvalue weighted by Gasteiger charge is -2.06. The maximum Gasteiger partial charge on any atom is 0.338 e. The van der Waals surface area contributed by atoms with Gasteiger partial charge in [0.05, 0.1) is 24.3 Å². The molecule has 1 heterocycles. The van der Waals surface area contributed by atoms with E-state index in [1.54, 1.807) is 31.2 Å².